The van der Waals surface area contributed by atoms with Crippen LogP contribution in [-0.4, -0.2) is 30.3 Å². The predicted octanol–water partition coefficient (Wildman–Crippen LogP) is 4.28. The summed E-state index contributed by atoms with van der Waals surface area (Å²) in [7, 11) is 0. The van der Waals surface area contributed by atoms with Gasteiger partial charge in [0.15, 0.2) is 0 Å². The molecule has 0 radical (unpaired) electrons. The third-order valence-corrected chi connectivity index (χ3v) is 5.48. The molecule has 0 aliphatic heterocycles. The minimum atomic E-state index is -0.0377. The van der Waals surface area contributed by atoms with Crippen LogP contribution in [0.2, 0.25) is 0 Å². The fourth-order valence-corrected chi connectivity index (χ4v) is 4.14. The van der Waals surface area contributed by atoms with Crippen molar-refractivity contribution in [2.45, 2.75) is 78.2 Å². The van der Waals surface area contributed by atoms with Gasteiger partial charge >= 0.3 is 0 Å². The maximum Gasteiger partial charge on any atom is 0.127 e. The monoisotopic (exact) mass is 279 g/mol. The van der Waals surface area contributed by atoms with Gasteiger partial charge in [0.2, 0.25) is 0 Å². The number of carbonyl (C=O) groups excluding carboxylic acids is 1. The van der Waals surface area contributed by atoms with Crippen LogP contribution in [0.5, 0.6) is 0 Å². The molecule has 2 saturated carbocycles. The number of hydrogen-bond donors (Lipinski definition) is 0. The van der Waals surface area contributed by atoms with Gasteiger partial charge in [-0.1, -0.05) is 33.6 Å². The lowest BCUT2D eigenvalue weighted by atomic mass is 9.71. The van der Waals surface area contributed by atoms with Crippen molar-refractivity contribution in [3.63, 3.8) is 0 Å². The molecule has 2 fully saturated rings. The zero-order chi connectivity index (χ0) is 14.6. The minimum Gasteiger partial charge on any atom is -0.303 e. The van der Waals surface area contributed by atoms with Crippen LogP contribution >= 0.6 is 0 Å². The van der Waals surface area contributed by atoms with E-state index in [9.17, 15) is 4.79 Å². The van der Waals surface area contributed by atoms with Gasteiger partial charge in [0.25, 0.3) is 0 Å². The van der Waals surface area contributed by atoms with Crippen LogP contribution in [0.25, 0.3) is 0 Å². The highest BCUT2D eigenvalue weighted by atomic mass is 16.1. The van der Waals surface area contributed by atoms with Crippen LogP contribution in [0.1, 0.15) is 72.1 Å². The molecule has 2 aliphatic rings. The third kappa shape index (κ3) is 4.07. The summed E-state index contributed by atoms with van der Waals surface area (Å²) >= 11 is 0. The molecule has 0 unspecified atom stereocenters. The topological polar surface area (TPSA) is 20.3 Å². The van der Waals surface area contributed by atoms with Crippen LogP contribution in [0.3, 0.4) is 0 Å². The van der Waals surface area contributed by atoms with E-state index in [0.717, 1.165) is 37.9 Å². The SMILES string of the molecule is CC(C)CN(CC1(C=O)CCC(C)CC1)C1CCCC1. The van der Waals surface area contributed by atoms with E-state index in [4.69, 9.17) is 0 Å². The Morgan fingerprint density at radius 2 is 1.75 bits per heavy atom. The van der Waals surface area contributed by atoms with Gasteiger partial charge < -0.3 is 4.79 Å². The largest absolute Gasteiger partial charge is 0.303 e. The van der Waals surface area contributed by atoms with E-state index >= 15 is 0 Å². The van der Waals surface area contributed by atoms with Crippen molar-refractivity contribution < 1.29 is 4.79 Å². The van der Waals surface area contributed by atoms with Gasteiger partial charge in [-0.3, -0.25) is 4.90 Å². The van der Waals surface area contributed by atoms with Crippen molar-refractivity contribution in [2.24, 2.45) is 17.3 Å². The zero-order valence-corrected chi connectivity index (χ0v) is 13.7. The molecule has 0 spiro atoms. The molecule has 0 saturated heterocycles. The van der Waals surface area contributed by atoms with Crippen LogP contribution in [0.4, 0.5) is 0 Å². The maximum atomic E-state index is 11.8. The van der Waals surface area contributed by atoms with Crippen molar-refractivity contribution in [1.82, 2.24) is 4.90 Å². The van der Waals surface area contributed by atoms with E-state index in [2.05, 4.69) is 25.7 Å². The van der Waals surface area contributed by atoms with Crippen LogP contribution in [0.15, 0.2) is 0 Å². The summed E-state index contributed by atoms with van der Waals surface area (Å²) in [4.78, 5) is 14.5. The molecule has 0 atom stereocenters. The lowest BCUT2D eigenvalue weighted by Gasteiger charge is -2.41. The van der Waals surface area contributed by atoms with Crippen molar-refractivity contribution in [2.75, 3.05) is 13.1 Å². The van der Waals surface area contributed by atoms with Crippen molar-refractivity contribution in [3.05, 3.63) is 0 Å². The molecule has 2 aliphatic carbocycles. The van der Waals surface area contributed by atoms with Crippen LogP contribution in [-0.2, 0) is 4.79 Å². The Morgan fingerprint density at radius 1 is 1.15 bits per heavy atom. The van der Waals surface area contributed by atoms with Crippen molar-refractivity contribution in [3.8, 4) is 0 Å². The quantitative estimate of drug-likeness (QED) is 0.676. The highest BCUT2D eigenvalue weighted by Gasteiger charge is 2.37. The maximum absolute atomic E-state index is 11.8. The molecule has 20 heavy (non-hydrogen) atoms. The molecule has 0 amide bonds. The summed E-state index contributed by atoms with van der Waals surface area (Å²) in [5.41, 5.74) is -0.0377. The molecular weight excluding hydrogens is 246 g/mol. The van der Waals surface area contributed by atoms with Crippen LogP contribution < -0.4 is 0 Å². The number of hydrogen-bond acceptors (Lipinski definition) is 2. The molecule has 0 aromatic carbocycles. The number of carbonyl (C=O) groups is 1. The molecule has 0 bridgehead atoms. The minimum absolute atomic E-state index is 0.0377. The highest BCUT2D eigenvalue weighted by Crippen LogP contribution is 2.39. The zero-order valence-electron chi connectivity index (χ0n) is 13.7. The molecule has 0 aromatic heterocycles. The van der Waals surface area contributed by atoms with E-state index in [0.29, 0.717) is 5.92 Å². The molecule has 2 rings (SSSR count). The lowest BCUT2D eigenvalue weighted by Crippen LogP contribution is -2.46. The third-order valence-electron chi connectivity index (χ3n) is 5.48. The van der Waals surface area contributed by atoms with Crippen molar-refractivity contribution in [1.29, 1.82) is 0 Å². The summed E-state index contributed by atoms with van der Waals surface area (Å²) in [6.07, 6.45) is 11.4. The average Bonchev–Trinajstić information content (AvgIpc) is 2.94. The number of rotatable bonds is 6. The van der Waals surface area contributed by atoms with Gasteiger partial charge in [-0.25, -0.2) is 0 Å². The standard InChI is InChI=1S/C18H33NO/c1-15(2)12-19(17-6-4-5-7-17)13-18(14-20)10-8-16(3)9-11-18/h14-17H,4-13H2,1-3H3. The summed E-state index contributed by atoms with van der Waals surface area (Å²) in [5, 5.41) is 0. The van der Waals surface area contributed by atoms with E-state index in [1.54, 1.807) is 0 Å². The summed E-state index contributed by atoms with van der Waals surface area (Å²) in [6.45, 7) is 9.12. The number of nitrogens with zero attached hydrogens (tertiary/aromatic N) is 1. The van der Waals surface area contributed by atoms with Crippen molar-refractivity contribution >= 4 is 6.29 Å². The molecule has 0 aromatic rings. The first kappa shape index (κ1) is 16.0. The second-order valence-electron chi connectivity index (χ2n) is 7.92. The van der Waals surface area contributed by atoms with Gasteiger partial charge in [-0.2, -0.15) is 0 Å². The fraction of sp³-hybridized carbons (Fsp3) is 0.944. The second kappa shape index (κ2) is 7.06. The average molecular weight is 279 g/mol. The molecule has 0 N–H and O–H groups in total. The Morgan fingerprint density at radius 3 is 2.25 bits per heavy atom. The fourth-order valence-electron chi connectivity index (χ4n) is 4.14. The predicted molar refractivity (Wildman–Crippen MR) is 84.8 cm³/mol. The van der Waals surface area contributed by atoms with Gasteiger partial charge in [0.05, 0.1) is 0 Å². The van der Waals surface area contributed by atoms with Gasteiger partial charge in [0.1, 0.15) is 6.29 Å². The Labute approximate surface area is 125 Å². The number of aldehydes is 1. The van der Waals surface area contributed by atoms with Gasteiger partial charge in [-0.15, -0.1) is 0 Å². The second-order valence-corrected chi connectivity index (χ2v) is 7.92. The molecular formula is C18H33NO. The van der Waals surface area contributed by atoms with Crippen LogP contribution in [0, 0.1) is 17.3 Å². The Bertz CT molecular complexity index is 299. The highest BCUT2D eigenvalue weighted by molar-refractivity contribution is 5.60. The Kier molecular flexibility index (Phi) is 5.65. The molecule has 0 heterocycles. The van der Waals surface area contributed by atoms with E-state index in [1.807, 2.05) is 0 Å². The molecule has 2 heteroatoms. The summed E-state index contributed by atoms with van der Waals surface area (Å²) < 4.78 is 0. The Hall–Kier alpha value is -0.370. The smallest absolute Gasteiger partial charge is 0.127 e. The van der Waals surface area contributed by atoms with E-state index < -0.39 is 0 Å². The normalized spacial score (nSPS) is 32.1. The summed E-state index contributed by atoms with van der Waals surface area (Å²) in [5.74, 6) is 1.51. The van der Waals surface area contributed by atoms with E-state index in [1.165, 1.54) is 44.8 Å². The lowest BCUT2D eigenvalue weighted by molar-refractivity contribution is -0.120. The van der Waals surface area contributed by atoms with Gasteiger partial charge in [-0.05, 0) is 50.4 Å². The van der Waals surface area contributed by atoms with E-state index in [-0.39, 0.29) is 5.41 Å². The first-order valence-electron chi connectivity index (χ1n) is 8.75. The Balaban J connectivity index is 2.02. The van der Waals surface area contributed by atoms with Gasteiger partial charge in [0, 0.05) is 24.5 Å². The first-order valence-corrected chi connectivity index (χ1v) is 8.75. The summed E-state index contributed by atoms with van der Waals surface area (Å²) in [6, 6.07) is 0.744. The molecule has 116 valence electrons. The molecule has 2 nitrogen and oxygen atoms in total. The first-order chi connectivity index (χ1) is 9.54.